The van der Waals surface area contributed by atoms with Crippen LogP contribution in [0.5, 0.6) is 0 Å². The van der Waals surface area contributed by atoms with E-state index in [1.165, 1.54) is 6.33 Å². The Labute approximate surface area is 179 Å². The molecule has 0 saturated carbocycles. The van der Waals surface area contributed by atoms with Gasteiger partial charge in [-0.2, -0.15) is 0 Å². The predicted molar refractivity (Wildman–Crippen MR) is 117 cm³/mol. The summed E-state index contributed by atoms with van der Waals surface area (Å²) in [5, 5.41) is 17.1. The van der Waals surface area contributed by atoms with Gasteiger partial charge >= 0.3 is 11.7 Å². The van der Waals surface area contributed by atoms with E-state index < -0.39 is 4.92 Å². The third kappa shape index (κ3) is 4.25. The summed E-state index contributed by atoms with van der Waals surface area (Å²) in [4.78, 5) is 33.9. The summed E-state index contributed by atoms with van der Waals surface area (Å²) in [6.45, 7) is 2.97. The van der Waals surface area contributed by atoms with Crippen LogP contribution in [-0.4, -0.2) is 40.6 Å². The Morgan fingerprint density at radius 1 is 1.26 bits per heavy atom. The Kier molecular flexibility index (Phi) is 5.92. The van der Waals surface area contributed by atoms with E-state index in [2.05, 4.69) is 15.3 Å². The van der Waals surface area contributed by atoms with Crippen LogP contribution < -0.4 is 10.2 Å². The lowest BCUT2D eigenvalue weighted by Crippen LogP contribution is -2.40. The molecule has 1 saturated heterocycles. The van der Waals surface area contributed by atoms with E-state index in [1.54, 1.807) is 11.8 Å². The maximum absolute atomic E-state index is 12.2. The first-order valence-corrected chi connectivity index (χ1v) is 10.2. The third-order valence-corrected chi connectivity index (χ3v) is 5.37. The number of carbonyl (C=O) groups is 1. The van der Waals surface area contributed by atoms with Gasteiger partial charge in [0.25, 0.3) is 0 Å². The predicted octanol–water partition coefficient (Wildman–Crippen LogP) is 4.06. The fourth-order valence-corrected chi connectivity index (χ4v) is 3.94. The van der Waals surface area contributed by atoms with Crippen LogP contribution in [0.3, 0.4) is 0 Å². The molecule has 1 aliphatic heterocycles. The van der Waals surface area contributed by atoms with Crippen molar-refractivity contribution >= 4 is 39.8 Å². The highest BCUT2D eigenvalue weighted by Gasteiger charge is 2.33. The number of nitrogens with zero attached hydrogens (tertiary/aromatic N) is 4. The molecule has 0 spiro atoms. The lowest BCUT2D eigenvalue weighted by molar-refractivity contribution is -0.383. The summed E-state index contributed by atoms with van der Waals surface area (Å²) in [7, 11) is 0. The van der Waals surface area contributed by atoms with Gasteiger partial charge in [0, 0.05) is 24.2 Å². The molecule has 1 fully saturated rings. The zero-order chi connectivity index (χ0) is 21.8. The monoisotopic (exact) mass is 421 g/mol. The zero-order valence-corrected chi connectivity index (χ0v) is 17.2. The first kappa shape index (κ1) is 20.5. The van der Waals surface area contributed by atoms with Gasteiger partial charge in [0.05, 0.1) is 17.4 Å². The van der Waals surface area contributed by atoms with Gasteiger partial charge in [-0.05, 0) is 31.2 Å². The third-order valence-electron chi connectivity index (χ3n) is 5.37. The second-order valence-electron chi connectivity index (χ2n) is 7.34. The number of carbonyl (C=O) groups excluding carboxylic acids is 1. The fourth-order valence-electron chi connectivity index (χ4n) is 3.94. The molecule has 1 N–H and O–H groups in total. The molecule has 1 aliphatic rings. The number of hydrogen-bond donors (Lipinski definition) is 1. The number of anilines is 3. The van der Waals surface area contributed by atoms with E-state index in [-0.39, 0.29) is 29.2 Å². The number of nitro groups is 1. The van der Waals surface area contributed by atoms with E-state index in [9.17, 15) is 14.9 Å². The first-order chi connectivity index (χ1) is 15.1. The summed E-state index contributed by atoms with van der Waals surface area (Å²) in [5.41, 5.74) is 0.508. The lowest BCUT2D eigenvalue weighted by Gasteiger charge is -2.32. The molecule has 3 aromatic rings. The number of piperidine rings is 1. The van der Waals surface area contributed by atoms with Gasteiger partial charge in [0.2, 0.25) is 11.6 Å². The SMILES string of the molecule is CCOC(=O)C1CCCN(c2ncnc(Nc3cccc4ccccc34)c2[N+](=O)[O-])C1. The van der Waals surface area contributed by atoms with Gasteiger partial charge in [-0.15, -0.1) is 0 Å². The number of nitrogens with one attached hydrogen (secondary N) is 1. The lowest BCUT2D eigenvalue weighted by atomic mass is 9.98. The van der Waals surface area contributed by atoms with E-state index in [1.807, 2.05) is 42.5 Å². The molecule has 1 aromatic heterocycles. The van der Waals surface area contributed by atoms with Crippen LogP contribution in [0.2, 0.25) is 0 Å². The molecule has 2 heterocycles. The Bertz CT molecular complexity index is 1110. The summed E-state index contributed by atoms with van der Waals surface area (Å²) in [6, 6.07) is 13.5. The van der Waals surface area contributed by atoms with Crippen molar-refractivity contribution in [3.8, 4) is 0 Å². The van der Waals surface area contributed by atoms with Gasteiger partial charge in [-0.3, -0.25) is 14.9 Å². The highest BCUT2D eigenvalue weighted by Crippen LogP contribution is 2.36. The van der Waals surface area contributed by atoms with Gasteiger partial charge in [-0.25, -0.2) is 9.97 Å². The molecule has 31 heavy (non-hydrogen) atoms. The molecule has 0 aliphatic carbocycles. The molecule has 1 atom stereocenters. The summed E-state index contributed by atoms with van der Waals surface area (Å²) in [6.07, 6.45) is 2.72. The minimum absolute atomic E-state index is 0.115. The van der Waals surface area contributed by atoms with Crippen LogP contribution >= 0.6 is 0 Å². The number of aromatic nitrogens is 2. The van der Waals surface area contributed by atoms with Gasteiger partial charge in [0.15, 0.2) is 0 Å². The molecule has 0 radical (unpaired) electrons. The maximum Gasteiger partial charge on any atom is 0.353 e. The van der Waals surface area contributed by atoms with Crippen LogP contribution in [0.4, 0.5) is 23.0 Å². The smallest absolute Gasteiger partial charge is 0.353 e. The normalized spacial score (nSPS) is 16.2. The van der Waals surface area contributed by atoms with Crippen molar-refractivity contribution in [2.75, 3.05) is 29.9 Å². The molecule has 160 valence electrons. The van der Waals surface area contributed by atoms with Crippen molar-refractivity contribution in [1.29, 1.82) is 0 Å². The Balaban J connectivity index is 1.69. The van der Waals surface area contributed by atoms with Crippen LogP contribution in [0.15, 0.2) is 48.8 Å². The van der Waals surface area contributed by atoms with Gasteiger partial charge in [-0.1, -0.05) is 36.4 Å². The van der Waals surface area contributed by atoms with Crippen molar-refractivity contribution in [3.63, 3.8) is 0 Å². The zero-order valence-electron chi connectivity index (χ0n) is 17.2. The summed E-state index contributed by atoms with van der Waals surface area (Å²) < 4.78 is 5.14. The van der Waals surface area contributed by atoms with Crippen molar-refractivity contribution < 1.29 is 14.5 Å². The van der Waals surface area contributed by atoms with Crippen LogP contribution in [-0.2, 0) is 9.53 Å². The molecular formula is C22H23N5O4. The minimum atomic E-state index is -0.475. The standard InChI is InChI=1S/C22H23N5O4/c1-2-31-22(28)16-9-6-12-26(13-16)21-19(27(29)30)20(23-14-24-21)25-18-11-5-8-15-7-3-4-10-17(15)18/h3-5,7-8,10-11,14,16H,2,6,9,12-13H2,1H3,(H,23,24,25). The van der Waals surface area contributed by atoms with E-state index in [0.29, 0.717) is 31.8 Å². The Hall–Kier alpha value is -3.75. The average molecular weight is 421 g/mol. The quantitative estimate of drug-likeness (QED) is 0.360. The molecule has 9 nitrogen and oxygen atoms in total. The van der Waals surface area contributed by atoms with Crippen LogP contribution in [0, 0.1) is 16.0 Å². The molecule has 0 amide bonds. The first-order valence-electron chi connectivity index (χ1n) is 10.2. The topological polar surface area (TPSA) is 110 Å². The highest BCUT2D eigenvalue weighted by molar-refractivity contribution is 5.96. The van der Waals surface area contributed by atoms with Gasteiger partial charge in [0.1, 0.15) is 6.33 Å². The fraction of sp³-hybridized carbons (Fsp3) is 0.318. The number of benzene rings is 2. The average Bonchev–Trinajstić information content (AvgIpc) is 2.79. The number of fused-ring (bicyclic) bond motifs is 1. The van der Waals surface area contributed by atoms with Crippen molar-refractivity contribution in [2.45, 2.75) is 19.8 Å². The maximum atomic E-state index is 12.2. The second-order valence-corrected chi connectivity index (χ2v) is 7.34. The number of ether oxygens (including phenoxy) is 1. The van der Waals surface area contributed by atoms with Crippen molar-refractivity contribution in [2.24, 2.45) is 5.92 Å². The number of rotatable bonds is 6. The van der Waals surface area contributed by atoms with E-state index in [0.717, 1.165) is 17.2 Å². The number of hydrogen-bond acceptors (Lipinski definition) is 8. The Morgan fingerprint density at radius 3 is 2.87 bits per heavy atom. The molecule has 9 heteroatoms. The molecule has 2 aromatic carbocycles. The summed E-state index contributed by atoms with van der Waals surface area (Å²) >= 11 is 0. The van der Waals surface area contributed by atoms with Crippen LogP contribution in [0.1, 0.15) is 19.8 Å². The van der Waals surface area contributed by atoms with Crippen LogP contribution in [0.25, 0.3) is 10.8 Å². The largest absolute Gasteiger partial charge is 0.466 e. The van der Waals surface area contributed by atoms with E-state index in [4.69, 9.17) is 4.74 Å². The summed E-state index contributed by atoms with van der Waals surface area (Å²) in [5.74, 6) is -0.294. The second kappa shape index (κ2) is 8.95. The molecular weight excluding hydrogens is 398 g/mol. The molecule has 1 unspecified atom stereocenters. The molecule has 0 bridgehead atoms. The van der Waals surface area contributed by atoms with Crippen molar-refractivity contribution in [3.05, 3.63) is 58.9 Å². The van der Waals surface area contributed by atoms with Crippen molar-refractivity contribution in [1.82, 2.24) is 9.97 Å². The molecule has 4 rings (SSSR count). The Morgan fingerprint density at radius 2 is 2.06 bits per heavy atom. The highest BCUT2D eigenvalue weighted by atomic mass is 16.6. The number of esters is 1. The van der Waals surface area contributed by atoms with E-state index >= 15 is 0 Å². The van der Waals surface area contributed by atoms with Gasteiger partial charge < -0.3 is 15.0 Å². The minimum Gasteiger partial charge on any atom is -0.466 e.